The molecule has 2 heterocycles. The maximum Gasteiger partial charge on any atom is 0.249 e. The first-order valence-corrected chi connectivity index (χ1v) is 7.71. The summed E-state index contributed by atoms with van der Waals surface area (Å²) in [4.78, 5) is 5.69. The molecule has 9 heteroatoms. The summed E-state index contributed by atoms with van der Waals surface area (Å²) in [5, 5.41) is 14.6. The van der Waals surface area contributed by atoms with E-state index in [1.165, 1.54) is 6.92 Å². The first kappa shape index (κ1) is 13.7. The molecule has 0 radical (unpaired) electrons. The lowest BCUT2D eigenvalue weighted by Crippen LogP contribution is -2.32. The van der Waals surface area contributed by atoms with Gasteiger partial charge < -0.3 is 10.0 Å². The molecule has 1 aromatic rings. The fraction of sp³-hybridized carbons (Fsp3) is 0.667. The van der Waals surface area contributed by atoms with E-state index in [0.717, 1.165) is 11.3 Å². The van der Waals surface area contributed by atoms with E-state index in [0.29, 0.717) is 10.8 Å². The molecule has 0 spiro atoms. The number of hydrogen-bond donors (Lipinski definition) is 2. The molecule has 2 atom stereocenters. The summed E-state index contributed by atoms with van der Waals surface area (Å²) in [5.74, 6) is 0. The van der Waals surface area contributed by atoms with E-state index in [9.17, 15) is 17.9 Å². The van der Waals surface area contributed by atoms with Crippen LogP contribution in [0, 0.1) is 6.92 Å². The highest BCUT2D eigenvalue weighted by atomic mass is 32.2. The third-order valence-electron chi connectivity index (χ3n) is 2.82. The van der Waals surface area contributed by atoms with Crippen molar-refractivity contribution in [2.24, 2.45) is 5.14 Å². The summed E-state index contributed by atoms with van der Waals surface area (Å²) in [6, 6.07) is -0.362. The Labute approximate surface area is 108 Å². The van der Waals surface area contributed by atoms with E-state index < -0.39 is 16.2 Å². The number of aromatic nitrogens is 1. The molecule has 0 unspecified atom stereocenters. The van der Waals surface area contributed by atoms with Crippen LogP contribution in [0.15, 0.2) is 4.21 Å². The number of nitrogens with two attached hydrogens (primary N) is 1. The van der Waals surface area contributed by atoms with Crippen molar-refractivity contribution in [1.29, 1.82) is 0 Å². The average molecular weight is 295 g/mol. The van der Waals surface area contributed by atoms with Gasteiger partial charge >= 0.3 is 0 Å². The van der Waals surface area contributed by atoms with E-state index in [1.54, 1.807) is 4.90 Å². The van der Waals surface area contributed by atoms with E-state index in [-0.39, 0.29) is 29.8 Å². The molecule has 1 aromatic heterocycles. The molecule has 1 aliphatic rings. The molecule has 0 amide bonds. The number of aliphatic hydroxyl groups excluding tert-OH is 1. The van der Waals surface area contributed by atoms with Gasteiger partial charge in [-0.25, -0.2) is 22.9 Å². The standard InChI is InChI=1S/C9H14FN3O3S2/c1-5-8(18(11,15)16)17-9(12-5)13-3-6(10)2-7(13)4-14/h6-7,14H,2-4H2,1H3,(H2,11,15,16)/t6-,7-/m0/s1. The minimum Gasteiger partial charge on any atom is -0.394 e. The summed E-state index contributed by atoms with van der Waals surface area (Å²) in [5.41, 5.74) is 0.302. The molecule has 6 nitrogen and oxygen atoms in total. The molecule has 0 aromatic carbocycles. The van der Waals surface area contributed by atoms with Crippen LogP contribution in [0.4, 0.5) is 9.52 Å². The Morgan fingerprint density at radius 2 is 2.33 bits per heavy atom. The van der Waals surface area contributed by atoms with Crippen LogP contribution in [0.3, 0.4) is 0 Å². The van der Waals surface area contributed by atoms with Crippen molar-refractivity contribution in [3.05, 3.63) is 5.69 Å². The number of primary sulfonamides is 1. The predicted octanol–water partition coefficient (Wildman–Crippen LogP) is 0.00802. The highest BCUT2D eigenvalue weighted by Gasteiger charge is 2.34. The van der Waals surface area contributed by atoms with E-state index in [4.69, 9.17) is 5.14 Å². The lowest BCUT2D eigenvalue weighted by molar-refractivity contribution is 0.255. The molecule has 1 aliphatic heterocycles. The number of halogens is 1. The molecule has 18 heavy (non-hydrogen) atoms. The van der Waals surface area contributed by atoms with E-state index in [1.807, 2.05) is 0 Å². The number of alkyl halides is 1. The average Bonchev–Trinajstić information content (AvgIpc) is 2.80. The molecular formula is C9H14FN3O3S2. The van der Waals surface area contributed by atoms with Gasteiger partial charge in [-0.15, -0.1) is 0 Å². The lowest BCUT2D eigenvalue weighted by Gasteiger charge is -2.21. The molecule has 0 aliphatic carbocycles. The van der Waals surface area contributed by atoms with Crippen molar-refractivity contribution >= 4 is 26.5 Å². The first-order chi connectivity index (χ1) is 8.32. The van der Waals surface area contributed by atoms with Gasteiger partial charge in [-0.05, 0) is 6.92 Å². The minimum absolute atomic E-state index is 0.0171. The zero-order chi connectivity index (χ0) is 13.5. The number of aryl methyl sites for hydroxylation is 1. The Morgan fingerprint density at radius 3 is 2.83 bits per heavy atom. The van der Waals surface area contributed by atoms with Crippen LogP contribution in [0.5, 0.6) is 0 Å². The Hall–Kier alpha value is -0.770. The fourth-order valence-corrected chi connectivity index (χ4v) is 4.05. The van der Waals surface area contributed by atoms with E-state index in [2.05, 4.69) is 4.98 Å². The second kappa shape index (κ2) is 4.72. The maximum absolute atomic E-state index is 13.3. The van der Waals surface area contributed by atoms with Crippen molar-refractivity contribution in [3.63, 3.8) is 0 Å². The molecule has 102 valence electrons. The number of thiazole rings is 1. The molecule has 0 saturated carbocycles. The second-order valence-corrected chi connectivity index (χ2v) is 6.97. The number of aliphatic hydroxyl groups is 1. The Morgan fingerprint density at radius 1 is 1.67 bits per heavy atom. The van der Waals surface area contributed by atoms with Gasteiger partial charge in [0.25, 0.3) is 0 Å². The van der Waals surface area contributed by atoms with Gasteiger partial charge in [0.15, 0.2) is 9.34 Å². The molecule has 0 bridgehead atoms. The molecule has 2 rings (SSSR count). The van der Waals surface area contributed by atoms with Crippen molar-refractivity contribution < 1.29 is 17.9 Å². The minimum atomic E-state index is -3.81. The maximum atomic E-state index is 13.3. The van der Waals surface area contributed by atoms with Gasteiger partial charge in [0, 0.05) is 6.42 Å². The summed E-state index contributed by atoms with van der Waals surface area (Å²) < 4.78 is 35.9. The summed E-state index contributed by atoms with van der Waals surface area (Å²) in [6.07, 6.45) is -0.816. The highest BCUT2D eigenvalue weighted by Crippen LogP contribution is 2.34. The van der Waals surface area contributed by atoms with Gasteiger partial charge in [0.2, 0.25) is 10.0 Å². The summed E-state index contributed by atoms with van der Waals surface area (Å²) in [7, 11) is -3.81. The Kier molecular flexibility index (Phi) is 3.58. The summed E-state index contributed by atoms with van der Waals surface area (Å²) >= 11 is 0.909. The van der Waals surface area contributed by atoms with Gasteiger partial charge in [0.1, 0.15) is 6.17 Å². The smallest absolute Gasteiger partial charge is 0.249 e. The normalized spacial score (nSPS) is 24.8. The quantitative estimate of drug-likeness (QED) is 0.818. The molecular weight excluding hydrogens is 281 g/mol. The van der Waals surface area contributed by atoms with Crippen LogP contribution in [-0.4, -0.2) is 43.9 Å². The van der Waals surface area contributed by atoms with Crippen LogP contribution in [0.25, 0.3) is 0 Å². The zero-order valence-corrected chi connectivity index (χ0v) is 11.3. The molecule has 1 fully saturated rings. The second-order valence-electron chi connectivity index (χ2n) is 4.24. The summed E-state index contributed by atoms with van der Waals surface area (Å²) in [6.45, 7) is 1.46. The SMILES string of the molecule is Cc1nc(N2C[C@@H](F)C[C@H]2CO)sc1S(N)(=O)=O. The fourth-order valence-electron chi connectivity index (χ4n) is 2.02. The predicted molar refractivity (Wildman–Crippen MR) is 66.0 cm³/mol. The number of nitrogens with zero attached hydrogens (tertiary/aromatic N) is 2. The number of sulfonamides is 1. The number of anilines is 1. The third kappa shape index (κ3) is 2.48. The largest absolute Gasteiger partial charge is 0.394 e. The van der Waals surface area contributed by atoms with E-state index >= 15 is 0 Å². The highest BCUT2D eigenvalue weighted by molar-refractivity contribution is 7.91. The Balaban J connectivity index is 2.35. The van der Waals surface area contributed by atoms with Crippen LogP contribution in [0.1, 0.15) is 12.1 Å². The monoisotopic (exact) mass is 295 g/mol. The molecule has 3 N–H and O–H groups in total. The van der Waals surface area contributed by atoms with Crippen LogP contribution >= 0.6 is 11.3 Å². The topological polar surface area (TPSA) is 96.5 Å². The lowest BCUT2D eigenvalue weighted by atomic mass is 10.2. The zero-order valence-electron chi connectivity index (χ0n) is 9.71. The van der Waals surface area contributed by atoms with Crippen molar-refractivity contribution in [3.8, 4) is 0 Å². The first-order valence-electron chi connectivity index (χ1n) is 5.34. The number of hydrogen-bond acceptors (Lipinski definition) is 6. The van der Waals surface area contributed by atoms with Gasteiger partial charge in [-0.3, -0.25) is 0 Å². The van der Waals surface area contributed by atoms with Crippen LogP contribution in [0.2, 0.25) is 0 Å². The van der Waals surface area contributed by atoms with Crippen LogP contribution < -0.4 is 10.0 Å². The van der Waals surface area contributed by atoms with Crippen LogP contribution in [-0.2, 0) is 10.0 Å². The van der Waals surface area contributed by atoms with Crippen molar-refractivity contribution in [1.82, 2.24) is 4.98 Å². The van der Waals surface area contributed by atoms with Gasteiger partial charge in [0.05, 0.1) is 24.9 Å². The third-order valence-corrected chi connectivity index (χ3v) is 5.57. The number of rotatable bonds is 3. The van der Waals surface area contributed by atoms with Crippen molar-refractivity contribution in [2.45, 2.75) is 29.8 Å². The van der Waals surface area contributed by atoms with Gasteiger partial charge in [-0.1, -0.05) is 11.3 Å². The van der Waals surface area contributed by atoms with Gasteiger partial charge in [-0.2, -0.15) is 0 Å². The Bertz CT molecular complexity index is 545. The van der Waals surface area contributed by atoms with Crippen molar-refractivity contribution in [2.75, 3.05) is 18.1 Å². The molecule has 1 saturated heterocycles.